The first-order valence-electron chi connectivity index (χ1n) is 8.70. The third-order valence-corrected chi connectivity index (χ3v) is 4.68. The van der Waals surface area contributed by atoms with Crippen LogP contribution in [0.5, 0.6) is 0 Å². The Balaban J connectivity index is 0.000000306. The Morgan fingerprint density at radius 3 is 2.54 bits per heavy atom. The Kier molecular flexibility index (Phi) is 6.53. The molecule has 1 aliphatic rings. The fraction of sp³-hybridized carbons (Fsp3) is 0.217. The SMILES string of the molecule is CC(=O)/C=C(/C)O.CC1(C)c2c([c-]ccc2F)-c2nccc3cccc1c23.[Ir]. The van der Waals surface area contributed by atoms with Crippen molar-refractivity contribution in [2.45, 2.75) is 33.1 Å². The van der Waals surface area contributed by atoms with Crippen LogP contribution in [0, 0.1) is 11.9 Å². The summed E-state index contributed by atoms with van der Waals surface area (Å²) in [5.74, 6) is -0.246. The van der Waals surface area contributed by atoms with Gasteiger partial charge in [0.05, 0.1) is 5.76 Å². The van der Waals surface area contributed by atoms with Crippen molar-refractivity contribution in [1.82, 2.24) is 4.98 Å². The van der Waals surface area contributed by atoms with E-state index in [2.05, 4.69) is 37.0 Å². The maximum absolute atomic E-state index is 14.4. The Bertz CT molecular complexity index is 1060. The number of carbonyl (C=O) groups is 1. The summed E-state index contributed by atoms with van der Waals surface area (Å²) in [6, 6.07) is 14.5. The number of ketones is 1. The molecule has 2 aromatic carbocycles. The van der Waals surface area contributed by atoms with Gasteiger partial charge >= 0.3 is 0 Å². The molecule has 0 bridgehead atoms. The van der Waals surface area contributed by atoms with Crippen LogP contribution in [0.4, 0.5) is 4.39 Å². The Labute approximate surface area is 177 Å². The topological polar surface area (TPSA) is 50.2 Å². The fourth-order valence-electron chi connectivity index (χ4n) is 3.64. The molecule has 28 heavy (non-hydrogen) atoms. The molecular formula is C23H21FIrNO2-. The van der Waals surface area contributed by atoms with E-state index >= 15 is 0 Å². The van der Waals surface area contributed by atoms with E-state index in [0.29, 0.717) is 5.56 Å². The zero-order valence-electron chi connectivity index (χ0n) is 16.1. The van der Waals surface area contributed by atoms with Gasteiger partial charge in [0.1, 0.15) is 0 Å². The second kappa shape index (κ2) is 8.34. The van der Waals surface area contributed by atoms with Crippen molar-refractivity contribution in [2.75, 3.05) is 0 Å². The van der Waals surface area contributed by atoms with Crippen LogP contribution in [0.25, 0.3) is 22.0 Å². The van der Waals surface area contributed by atoms with Gasteiger partial charge in [0.25, 0.3) is 0 Å². The molecule has 0 aliphatic heterocycles. The molecule has 0 unspecified atom stereocenters. The van der Waals surface area contributed by atoms with Gasteiger partial charge in [-0.15, -0.1) is 23.8 Å². The van der Waals surface area contributed by atoms with Crippen LogP contribution in [-0.4, -0.2) is 15.9 Å². The maximum atomic E-state index is 14.4. The number of allylic oxidation sites excluding steroid dienone is 2. The van der Waals surface area contributed by atoms with E-state index in [4.69, 9.17) is 5.11 Å². The average Bonchev–Trinajstić information content (AvgIpc) is 2.58. The summed E-state index contributed by atoms with van der Waals surface area (Å²) in [5.41, 5.74) is 3.07. The van der Waals surface area contributed by atoms with Gasteiger partial charge in [-0.2, -0.15) is 0 Å². The maximum Gasteiger partial charge on any atom is 0.155 e. The second-order valence-electron chi connectivity index (χ2n) is 7.16. The number of aromatic nitrogens is 1. The molecule has 0 atom stereocenters. The van der Waals surface area contributed by atoms with Gasteiger partial charge in [0, 0.05) is 38.2 Å². The quantitative estimate of drug-likeness (QED) is 0.245. The molecule has 3 nitrogen and oxygen atoms in total. The van der Waals surface area contributed by atoms with Gasteiger partial charge in [-0.1, -0.05) is 37.6 Å². The number of halogens is 1. The molecule has 1 radical (unpaired) electrons. The van der Waals surface area contributed by atoms with Crippen molar-refractivity contribution < 1.29 is 34.4 Å². The van der Waals surface area contributed by atoms with Crippen LogP contribution in [0.2, 0.25) is 0 Å². The van der Waals surface area contributed by atoms with Gasteiger partial charge in [-0.25, -0.2) is 4.39 Å². The molecular weight excluding hydrogens is 533 g/mol. The van der Waals surface area contributed by atoms with Crippen LogP contribution in [0.1, 0.15) is 38.8 Å². The first-order valence-corrected chi connectivity index (χ1v) is 8.70. The van der Waals surface area contributed by atoms with Crippen molar-refractivity contribution in [3.8, 4) is 11.3 Å². The molecule has 4 rings (SSSR count). The molecule has 1 N–H and O–H groups in total. The van der Waals surface area contributed by atoms with Crippen molar-refractivity contribution in [1.29, 1.82) is 0 Å². The summed E-state index contributed by atoms with van der Waals surface area (Å²) < 4.78 is 14.4. The van der Waals surface area contributed by atoms with E-state index in [1.807, 2.05) is 12.1 Å². The fourth-order valence-corrected chi connectivity index (χ4v) is 3.64. The zero-order chi connectivity index (χ0) is 19.8. The molecule has 1 aliphatic carbocycles. The minimum Gasteiger partial charge on any atom is -0.512 e. The third kappa shape index (κ3) is 3.91. The smallest absolute Gasteiger partial charge is 0.155 e. The summed E-state index contributed by atoms with van der Waals surface area (Å²) in [6.07, 6.45) is 2.95. The van der Waals surface area contributed by atoms with E-state index < -0.39 is 0 Å². The van der Waals surface area contributed by atoms with Gasteiger partial charge in [-0.05, 0) is 47.4 Å². The van der Waals surface area contributed by atoms with Crippen LogP contribution in [0.15, 0.2) is 54.4 Å². The minimum atomic E-state index is -0.382. The molecule has 0 saturated heterocycles. The Hall–Kier alpha value is -2.36. The number of aliphatic hydroxyl groups excluding tert-OH is 1. The molecule has 5 heteroatoms. The normalized spacial score (nSPS) is 13.7. The van der Waals surface area contributed by atoms with Crippen molar-refractivity contribution in [3.05, 3.63) is 77.4 Å². The molecule has 0 spiro atoms. The second-order valence-corrected chi connectivity index (χ2v) is 7.16. The number of rotatable bonds is 1. The predicted molar refractivity (Wildman–Crippen MR) is 105 cm³/mol. The number of fused-ring (bicyclic) bond motifs is 2. The summed E-state index contributed by atoms with van der Waals surface area (Å²) in [6.45, 7) is 6.97. The van der Waals surface area contributed by atoms with Gasteiger partial charge in [0.15, 0.2) is 5.78 Å². The number of hydrogen-bond donors (Lipinski definition) is 1. The van der Waals surface area contributed by atoms with E-state index in [1.54, 1.807) is 12.3 Å². The van der Waals surface area contributed by atoms with Gasteiger partial charge in [0.2, 0.25) is 0 Å². The van der Waals surface area contributed by atoms with E-state index in [-0.39, 0.29) is 42.9 Å². The van der Waals surface area contributed by atoms with Crippen LogP contribution >= 0.6 is 0 Å². The molecule has 0 amide bonds. The van der Waals surface area contributed by atoms with E-state index in [0.717, 1.165) is 27.6 Å². The first kappa shape index (κ1) is 21.9. The van der Waals surface area contributed by atoms with Crippen LogP contribution < -0.4 is 0 Å². The molecule has 3 aromatic rings. The number of nitrogens with zero attached hydrogens (tertiary/aromatic N) is 1. The Morgan fingerprint density at radius 2 is 1.93 bits per heavy atom. The monoisotopic (exact) mass is 555 g/mol. The van der Waals surface area contributed by atoms with Crippen molar-refractivity contribution in [3.63, 3.8) is 0 Å². The van der Waals surface area contributed by atoms with Crippen LogP contribution in [-0.2, 0) is 30.3 Å². The molecule has 0 saturated carbocycles. The standard InChI is InChI=1S/C18H13FN.C5H8O2.Ir/c1-18(2)13-7-3-5-11-9-10-20-17(15(11)13)12-6-4-8-14(19)16(12)18;1-4(6)3-5(2)7;/h3-5,7-10H,1-2H3;3,6H,1-2H3;/q-1;;/b;4-3-;. The number of benzene rings is 2. The molecule has 1 aromatic heterocycles. The predicted octanol–water partition coefficient (Wildman–Crippen LogP) is 5.52. The van der Waals surface area contributed by atoms with Gasteiger partial charge < -0.3 is 10.1 Å². The van der Waals surface area contributed by atoms with Gasteiger partial charge in [-0.3, -0.25) is 4.79 Å². The number of carbonyl (C=O) groups excluding carboxylic acids is 1. The largest absolute Gasteiger partial charge is 0.512 e. The number of aliphatic hydroxyl groups is 1. The molecule has 1 heterocycles. The summed E-state index contributed by atoms with van der Waals surface area (Å²) in [5, 5.41) is 10.6. The van der Waals surface area contributed by atoms with Crippen molar-refractivity contribution >= 4 is 16.6 Å². The first-order chi connectivity index (χ1) is 12.7. The molecule has 0 fully saturated rings. The van der Waals surface area contributed by atoms with Crippen molar-refractivity contribution in [2.24, 2.45) is 0 Å². The number of hydrogen-bond acceptors (Lipinski definition) is 3. The van der Waals surface area contributed by atoms with E-state index in [9.17, 15) is 9.18 Å². The minimum absolute atomic E-state index is 0. The zero-order valence-corrected chi connectivity index (χ0v) is 18.5. The third-order valence-electron chi connectivity index (χ3n) is 4.68. The summed E-state index contributed by atoms with van der Waals surface area (Å²) >= 11 is 0. The molecule has 147 valence electrons. The number of pyridine rings is 1. The van der Waals surface area contributed by atoms with E-state index in [1.165, 1.54) is 26.0 Å². The Morgan fingerprint density at radius 1 is 1.21 bits per heavy atom. The summed E-state index contributed by atoms with van der Waals surface area (Å²) in [4.78, 5) is 14.5. The average molecular weight is 555 g/mol. The summed E-state index contributed by atoms with van der Waals surface area (Å²) in [7, 11) is 0. The van der Waals surface area contributed by atoms with Crippen LogP contribution in [0.3, 0.4) is 0 Å².